The summed E-state index contributed by atoms with van der Waals surface area (Å²) in [6.45, 7) is 6.12. The van der Waals surface area contributed by atoms with E-state index in [-0.39, 0.29) is 10.6 Å². The zero-order valence-electron chi connectivity index (χ0n) is 12.8. The number of imidazole rings is 1. The average molecular weight is 319 g/mol. The first-order chi connectivity index (χ1) is 10.2. The highest BCUT2D eigenvalue weighted by molar-refractivity contribution is 7.90. The molecule has 0 unspecified atom stereocenters. The monoisotopic (exact) mass is 319 g/mol. The number of sulfone groups is 1. The first-order valence-corrected chi connectivity index (χ1v) is 8.65. The van der Waals surface area contributed by atoms with Gasteiger partial charge in [0.25, 0.3) is 0 Å². The van der Waals surface area contributed by atoms with Gasteiger partial charge in [-0.2, -0.15) is 5.10 Å². The van der Waals surface area contributed by atoms with Gasteiger partial charge in [-0.25, -0.2) is 18.4 Å². The fourth-order valence-electron chi connectivity index (χ4n) is 2.14. The van der Waals surface area contributed by atoms with Gasteiger partial charge in [0.05, 0.1) is 29.3 Å². The molecule has 0 aliphatic rings. The van der Waals surface area contributed by atoms with Crippen molar-refractivity contribution in [1.29, 1.82) is 0 Å². The van der Waals surface area contributed by atoms with Gasteiger partial charge in [0.1, 0.15) is 5.52 Å². The smallest absolute Gasteiger partial charge is 0.195 e. The highest BCUT2D eigenvalue weighted by atomic mass is 32.2. The van der Waals surface area contributed by atoms with E-state index in [4.69, 9.17) is 0 Å². The van der Waals surface area contributed by atoms with Gasteiger partial charge in [-0.15, -0.1) is 0 Å². The summed E-state index contributed by atoms with van der Waals surface area (Å²) in [7, 11) is -3.47. The van der Waals surface area contributed by atoms with Crippen LogP contribution in [0.5, 0.6) is 0 Å². The molecule has 1 N–H and O–H groups in total. The Morgan fingerprint density at radius 1 is 1.27 bits per heavy atom. The van der Waals surface area contributed by atoms with Crippen molar-refractivity contribution in [2.24, 2.45) is 0 Å². The van der Waals surface area contributed by atoms with Crippen molar-refractivity contribution in [3.63, 3.8) is 0 Å². The molecular formula is C14H17N5O2S. The van der Waals surface area contributed by atoms with E-state index < -0.39 is 9.84 Å². The molecule has 7 nitrogen and oxygen atoms in total. The first-order valence-electron chi connectivity index (χ1n) is 6.76. The summed E-state index contributed by atoms with van der Waals surface area (Å²) < 4.78 is 25.7. The molecule has 0 aliphatic carbocycles. The van der Waals surface area contributed by atoms with Crippen molar-refractivity contribution < 1.29 is 8.42 Å². The lowest BCUT2D eigenvalue weighted by atomic mass is 10.1. The van der Waals surface area contributed by atoms with Crippen LogP contribution in [0, 0.1) is 0 Å². The molecule has 0 saturated carbocycles. The van der Waals surface area contributed by atoms with Crippen LogP contribution in [0.25, 0.3) is 22.3 Å². The SMILES string of the molecule is CC(C)(C)n1cc(-c2cc3[nH]cnc3c(S(C)(=O)=O)n2)cn1. The van der Waals surface area contributed by atoms with Gasteiger partial charge in [0.15, 0.2) is 14.9 Å². The van der Waals surface area contributed by atoms with Crippen molar-refractivity contribution in [1.82, 2.24) is 24.7 Å². The maximum Gasteiger partial charge on any atom is 0.195 e. The zero-order chi connectivity index (χ0) is 16.1. The van der Waals surface area contributed by atoms with Crippen LogP contribution < -0.4 is 0 Å². The van der Waals surface area contributed by atoms with Gasteiger partial charge < -0.3 is 4.98 Å². The van der Waals surface area contributed by atoms with Gasteiger partial charge in [0.2, 0.25) is 0 Å². The normalized spacial score (nSPS) is 12.9. The second-order valence-corrected chi connectivity index (χ2v) is 8.16. The lowest BCUT2D eigenvalue weighted by Crippen LogP contribution is -2.21. The van der Waals surface area contributed by atoms with Crippen LogP contribution in [0.2, 0.25) is 0 Å². The van der Waals surface area contributed by atoms with Crippen molar-refractivity contribution in [3.8, 4) is 11.3 Å². The molecule has 0 radical (unpaired) electrons. The van der Waals surface area contributed by atoms with Crippen LogP contribution in [0.3, 0.4) is 0 Å². The fraction of sp³-hybridized carbons (Fsp3) is 0.357. The van der Waals surface area contributed by atoms with Crippen molar-refractivity contribution >= 4 is 20.9 Å². The Morgan fingerprint density at radius 2 is 2.00 bits per heavy atom. The Hall–Kier alpha value is -2.22. The van der Waals surface area contributed by atoms with Crippen LogP contribution in [0.15, 0.2) is 29.8 Å². The molecule has 8 heteroatoms. The Morgan fingerprint density at radius 3 is 2.59 bits per heavy atom. The molecule has 3 rings (SSSR count). The molecular weight excluding hydrogens is 302 g/mol. The largest absolute Gasteiger partial charge is 0.344 e. The number of rotatable bonds is 2. The van der Waals surface area contributed by atoms with Gasteiger partial charge in [-0.1, -0.05) is 0 Å². The van der Waals surface area contributed by atoms with Gasteiger partial charge >= 0.3 is 0 Å². The lowest BCUT2D eigenvalue weighted by Gasteiger charge is -2.18. The second kappa shape index (κ2) is 4.64. The number of aromatic amines is 1. The van der Waals surface area contributed by atoms with E-state index in [1.807, 2.05) is 31.6 Å². The number of hydrogen-bond acceptors (Lipinski definition) is 5. The molecule has 3 aromatic rings. The Kier molecular flexibility index (Phi) is 3.10. The minimum atomic E-state index is -3.47. The summed E-state index contributed by atoms with van der Waals surface area (Å²) >= 11 is 0. The molecule has 0 spiro atoms. The van der Waals surface area contributed by atoms with E-state index in [1.165, 1.54) is 6.33 Å². The molecule has 0 saturated heterocycles. The molecule has 0 atom stereocenters. The van der Waals surface area contributed by atoms with Crippen molar-refractivity contribution in [2.75, 3.05) is 6.26 Å². The maximum absolute atomic E-state index is 12.0. The molecule has 0 aliphatic heterocycles. The predicted molar refractivity (Wildman–Crippen MR) is 83.2 cm³/mol. The quantitative estimate of drug-likeness (QED) is 0.779. The third kappa shape index (κ3) is 2.50. The molecule has 3 aromatic heterocycles. The first kappa shape index (κ1) is 14.7. The summed E-state index contributed by atoms with van der Waals surface area (Å²) in [5.41, 5.74) is 2.14. The van der Waals surface area contributed by atoms with Crippen molar-refractivity contribution in [2.45, 2.75) is 31.3 Å². The topological polar surface area (TPSA) is 93.5 Å². The minimum absolute atomic E-state index is 0.0234. The summed E-state index contributed by atoms with van der Waals surface area (Å²) in [6, 6.07) is 1.78. The maximum atomic E-state index is 12.0. The molecule has 0 aromatic carbocycles. The van der Waals surface area contributed by atoms with Gasteiger partial charge in [0, 0.05) is 18.0 Å². The number of nitrogens with one attached hydrogen (secondary N) is 1. The van der Waals surface area contributed by atoms with E-state index in [0.29, 0.717) is 16.7 Å². The Balaban J connectivity index is 2.22. The summed E-state index contributed by atoms with van der Waals surface area (Å²) in [5, 5.41) is 4.30. The van der Waals surface area contributed by atoms with E-state index in [2.05, 4.69) is 20.1 Å². The number of nitrogens with zero attached hydrogens (tertiary/aromatic N) is 4. The van der Waals surface area contributed by atoms with Crippen LogP contribution >= 0.6 is 0 Å². The average Bonchev–Trinajstić information content (AvgIpc) is 3.04. The Labute approximate surface area is 128 Å². The third-order valence-electron chi connectivity index (χ3n) is 3.29. The van der Waals surface area contributed by atoms with E-state index in [1.54, 1.807) is 12.3 Å². The van der Waals surface area contributed by atoms with Gasteiger partial charge in [-0.05, 0) is 26.8 Å². The molecule has 3 heterocycles. The summed E-state index contributed by atoms with van der Waals surface area (Å²) in [5.74, 6) is 0. The number of pyridine rings is 1. The molecule has 22 heavy (non-hydrogen) atoms. The predicted octanol–water partition coefficient (Wildman–Crippen LogP) is 1.98. The zero-order valence-corrected chi connectivity index (χ0v) is 13.6. The molecule has 116 valence electrons. The standard InChI is InChI=1S/C14H17N5O2S/c1-14(2,3)19-7-9(6-17-19)10-5-11-12(16-8-15-11)13(18-10)22(4,20)21/h5-8H,1-4H3,(H,15,16). The Bertz CT molecular complexity index is 947. The number of hydrogen-bond donors (Lipinski definition) is 1. The molecule has 0 fully saturated rings. The second-order valence-electron chi connectivity index (χ2n) is 6.23. The summed E-state index contributed by atoms with van der Waals surface area (Å²) in [6.07, 6.45) is 6.13. The van der Waals surface area contributed by atoms with Crippen molar-refractivity contribution in [3.05, 3.63) is 24.8 Å². The van der Waals surface area contributed by atoms with E-state index >= 15 is 0 Å². The van der Waals surface area contributed by atoms with Gasteiger partial charge in [-0.3, -0.25) is 4.68 Å². The fourth-order valence-corrected chi connectivity index (χ4v) is 2.92. The van der Waals surface area contributed by atoms with E-state index in [0.717, 1.165) is 11.8 Å². The number of fused-ring (bicyclic) bond motifs is 1. The highest BCUT2D eigenvalue weighted by Gasteiger charge is 2.20. The van der Waals surface area contributed by atoms with Crippen LogP contribution in [-0.4, -0.2) is 39.4 Å². The molecule has 0 amide bonds. The highest BCUT2D eigenvalue weighted by Crippen LogP contribution is 2.26. The minimum Gasteiger partial charge on any atom is -0.344 e. The van der Waals surface area contributed by atoms with Crippen LogP contribution in [-0.2, 0) is 15.4 Å². The number of H-pyrrole nitrogens is 1. The summed E-state index contributed by atoms with van der Waals surface area (Å²) in [4.78, 5) is 11.3. The lowest BCUT2D eigenvalue weighted by molar-refractivity contribution is 0.355. The third-order valence-corrected chi connectivity index (χ3v) is 4.28. The van der Waals surface area contributed by atoms with E-state index in [9.17, 15) is 8.42 Å². The van der Waals surface area contributed by atoms with Crippen LogP contribution in [0.1, 0.15) is 20.8 Å². The van der Waals surface area contributed by atoms with Crippen LogP contribution in [0.4, 0.5) is 0 Å². The molecule has 0 bridgehead atoms. The number of aromatic nitrogens is 5.